The highest BCUT2D eigenvalue weighted by molar-refractivity contribution is 5.92. The van der Waals surface area contributed by atoms with Crippen LogP contribution in [0, 0.1) is 0 Å². The maximum atomic E-state index is 12.3. The van der Waals surface area contributed by atoms with Crippen LogP contribution in [0.5, 0.6) is 5.75 Å². The van der Waals surface area contributed by atoms with E-state index in [-0.39, 0.29) is 5.91 Å². The smallest absolute Gasteiger partial charge is 0.239 e. The van der Waals surface area contributed by atoms with Gasteiger partial charge in [0, 0.05) is 44.7 Å². The zero-order chi connectivity index (χ0) is 24.4. The summed E-state index contributed by atoms with van der Waals surface area (Å²) >= 11 is 0. The van der Waals surface area contributed by atoms with Crippen LogP contribution in [0.3, 0.4) is 0 Å². The van der Waals surface area contributed by atoms with Crippen molar-refractivity contribution in [2.45, 2.75) is 13.0 Å². The summed E-state index contributed by atoms with van der Waals surface area (Å²) in [6.07, 6.45) is 1.79. The average Bonchev–Trinajstić information content (AvgIpc) is 3.31. The molecule has 2 aromatic carbocycles. The predicted octanol–water partition coefficient (Wildman–Crippen LogP) is 2.59. The molecule has 4 aromatic rings. The number of piperazine rings is 1. The Morgan fingerprint density at radius 2 is 1.91 bits per heavy atom. The van der Waals surface area contributed by atoms with Crippen LogP contribution in [0.15, 0.2) is 54.9 Å². The van der Waals surface area contributed by atoms with Gasteiger partial charge >= 0.3 is 0 Å². The lowest BCUT2D eigenvalue weighted by Crippen LogP contribution is -2.52. The van der Waals surface area contributed by atoms with E-state index < -0.39 is 6.04 Å². The van der Waals surface area contributed by atoms with Gasteiger partial charge in [-0.2, -0.15) is 0 Å². The summed E-state index contributed by atoms with van der Waals surface area (Å²) in [5.74, 6) is 1.56. The summed E-state index contributed by atoms with van der Waals surface area (Å²) in [6.45, 7) is 5.54. The highest BCUT2D eigenvalue weighted by Gasteiger charge is 2.24. The lowest BCUT2D eigenvalue weighted by Gasteiger charge is -2.37. The maximum absolute atomic E-state index is 12.3. The first-order valence-corrected chi connectivity index (χ1v) is 11.8. The molecule has 1 aliphatic rings. The number of rotatable bonds is 7. The number of amides is 1. The van der Waals surface area contributed by atoms with E-state index in [1.54, 1.807) is 20.4 Å². The van der Waals surface area contributed by atoms with Gasteiger partial charge in [0.1, 0.15) is 24.5 Å². The van der Waals surface area contributed by atoms with Crippen molar-refractivity contribution in [3.63, 3.8) is 0 Å². The van der Waals surface area contributed by atoms with Crippen LogP contribution in [0.1, 0.15) is 6.92 Å². The number of hydrogen-bond donors (Lipinski definition) is 1. The van der Waals surface area contributed by atoms with Gasteiger partial charge in [-0.1, -0.05) is 12.1 Å². The number of carbonyl (C=O) groups excluding carboxylic acids is 1. The van der Waals surface area contributed by atoms with E-state index >= 15 is 0 Å². The minimum absolute atomic E-state index is 0.00206. The van der Waals surface area contributed by atoms with Crippen LogP contribution < -0.4 is 15.4 Å². The minimum atomic E-state index is -0.471. The molecular weight excluding hydrogens is 444 g/mol. The number of nitrogens with zero attached hydrogens (tertiary/aromatic N) is 5. The summed E-state index contributed by atoms with van der Waals surface area (Å²) in [5.41, 5.74) is 9.58. The molecule has 182 valence electrons. The van der Waals surface area contributed by atoms with Gasteiger partial charge in [0.15, 0.2) is 0 Å². The topological polar surface area (TPSA) is 98.7 Å². The number of methoxy groups -OCH3 is 1. The second kappa shape index (κ2) is 9.89. The molecule has 0 radical (unpaired) electrons. The summed E-state index contributed by atoms with van der Waals surface area (Å²) in [6, 6.07) is 15.7. The molecule has 1 aliphatic heterocycles. The molecule has 9 nitrogen and oxygen atoms in total. The van der Waals surface area contributed by atoms with Crippen molar-refractivity contribution < 1.29 is 14.3 Å². The fraction of sp³-hybridized carbons (Fsp3) is 0.346. The van der Waals surface area contributed by atoms with Crippen molar-refractivity contribution in [3.05, 3.63) is 54.9 Å². The average molecular weight is 475 g/mol. The third kappa shape index (κ3) is 4.65. The Morgan fingerprint density at radius 1 is 1.09 bits per heavy atom. The normalized spacial score (nSPS) is 15.1. The number of fused-ring (bicyclic) bond motifs is 2. The van der Waals surface area contributed by atoms with Crippen molar-refractivity contribution in [3.8, 4) is 11.6 Å². The van der Waals surface area contributed by atoms with E-state index in [2.05, 4.69) is 34.1 Å². The second-order valence-electron chi connectivity index (χ2n) is 8.73. The van der Waals surface area contributed by atoms with Crippen LogP contribution in [0.4, 0.5) is 5.69 Å². The Labute approximate surface area is 204 Å². The third-order valence-corrected chi connectivity index (χ3v) is 6.33. The second-order valence-corrected chi connectivity index (χ2v) is 8.73. The van der Waals surface area contributed by atoms with Gasteiger partial charge in [0.05, 0.1) is 34.9 Å². The van der Waals surface area contributed by atoms with E-state index in [0.29, 0.717) is 26.3 Å². The number of ether oxygens (including phenoxy) is 2. The number of pyridine rings is 1. The monoisotopic (exact) mass is 474 g/mol. The van der Waals surface area contributed by atoms with Crippen molar-refractivity contribution in [2.24, 2.45) is 5.73 Å². The molecule has 35 heavy (non-hydrogen) atoms. The van der Waals surface area contributed by atoms with Crippen LogP contribution in [-0.2, 0) is 9.53 Å². The molecule has 0 saturated carbocycles. The number of anilines is 1. The molecule has 2 N–H and O–H groups in total. The molecular formula is C26H30N6O3. The Bertz CT molecular complexity index is 1340. The largest absolute Gasteiger partial charge is 0.491 e. The molecule has 9 heteroatoms. The van der Waals surface area contributed by atoms with Crippen LogP contribution in [-0.4, -0.2) is 77.9 Å². The number of aromatic nitrogens is 3. The van der Waals surface area contributed by atoms with Crippen molar-refractivity contribution in [2.75, 3.05) is 51.4 Å². The zero-order valence-electron chi connectivity index (χ0n) is 20.1. The van der Waals surface area contributed by atoms with E-state index in [9.17, 15) is 4.79 Å². The Balaban J connectivity index is 1.43. The van der Waals surface area contributed by atoms with Crippen LogP contribution in [0.2, 0.25) is 0 Å². The SMILES string of the molecule is COCCOc1ccc2c(c1)ncn2-c1ccc2cccc(N3CCN(C(=O)[C@@H](C)N)CC3)c2n1. The summed E-state index contributed by atoms with van der Waals surface area (Å²) in [5, 5.41) is 1.07. The van der Waals surface area contributed by atoms with Crippen molar-refractivity contribution in [1.82, 2.24) is 19.4 Å². The molecule has 2 aromatic heterocycles. The summed E-state index contributed by atoms with van der Waals surface area (Å²) in [7, 11) is 1.65. The fourth-order valence-electron chi connectivity index (χ4n) is 4.47. The fourth-order valence-corrected chi connectivity index (χ4v) is 4.47. The van der Waals surface area contributed by atoms with Gasteiger partial charge in [0.2, 0.25) is 5.91 Å². The Kier molecular flexibility index (Phi) is 6.52. The van der Waals surface area contributed by atoms with E-state index in [4.69, 9.17) is 20.2 Å². The lowest BCUT2D eigenvalue weighted by molar-refractivity contribution is -0.132. The van der Waals surface area contributed by atoms with Crippen molar-refractivity contribution in [1.29, 1.82) is 0 Å². The lowest BCUT2D eigenvalue weighted by atomic mass is 10.1. The molecule has 1 saturated heterocycles. The maximum Gasteiger partial charge on any atom is 0.239 e. The van der Waals surface area contributed by atoms with Gasteiger partial charge in [-0.05, 0) is 37.3 Å². The van der Waals surface area contributed by atoms with E-state index in [1.807, 2.05) is 33.7 Å². The van der Waals surface area contributed by atoms with Crippen molar-refractivity contribution >= 4 is 33.5 Å². The Hall–Kier alpha value is -3.69. The van der Waals surface area contributed by atoms with E-state index in [1.165, 1.54) is 0 Å². The zero-order valence-corrected chi connectivity index (χ0v) is 20.1. The molecule has 3 heterocycles. The quantitative estimate of drug-likeness (QED) is 0.411. The predicted molar refractivity (Wildman–Crippen MR) is 136 cm³/mol. The number of carbonyl (C=O) groups is 1. The highest BCUT2D eigenvalue weighted by Crippen LogP contribution is 2.29. The number of benzene rings is 2. The molecule has 1 atom stereocenters. The molecule has 0 bridgehead atoms. The number of hydrogen-bond acceptors (Lipinski definition) is 7. The molecule has 0 spiro atoms. The number of para-hydroxylation sites is 1. The summed E-state index contributed by atoms with van der Waals surface area (Å²) in [4.78, 5) is 26.0. The standard InChI is InChI=1S/C26H30N6O3/c1-18(27)26(33)31-12-10-30(11-13-31)23-5-3-4-19-6-9-24(29-25(19)23)32-17-28-21-16-20(7-8-22(21)32)35-15-14-34-2/h3-9,16-18H,10-15,27H2,1-2H3/t18-/m1/s1. The van der Waals surface area contributed by atoms with E-state index in [0.717, 1.165) is 52.3 Å². The van der Waals surface area contributed by atoms with Gasteiger partial charge < -0.3 is 25.0 Å². The molecule has 0 unspecified atom stereocenters. The number of nitrogens with two attached hydrogens (primary N) is 1. The third-order valence-electron chi connectivity index (χ3n) is 6.33. The molecule has 0 aliphatic carbocycles. The first kappa shape index (κ1) is 23.1. The van der Waals surface area contributed by atoms with Gasteiger partial charge in [0.25, 0.3) is 0 Å². The molecule has 1 fully saturated rings. The minimum Gasteiger partial charge on any atom is -0.491 e. The number of imidazole rings is 1. The van der Waals surface area contributed by atoms with Crippen LogP contribution in [0.25, 0.3) is 27.8 Å². The highest BCUT2D eigenvalue weighted by atomic mass is 16.5. The first-order valence-electron chi connectivity index (χ1n) is 11.8. The Morgan fingerprint density at radius 3 is 2.69 bits per heavy atom. The molecule has 5 rings (SSSR count). The van der Waals surface area contributed by atoms with Crippen LogP contribution >= 0.6 is 0 Å². The summed E-state index contributed by atoms with van der Waals surface area (Å²) < 4.78 is 12.8. The first-order chi connectivity index (χ1) is 17.0. The van der Waals surface area contributed by atoms with Gasteiger partial charge in [-0.25, -0.2) is 9.97 Å². The molecule has 1 amide bonds. The van der Waals surface area contributed by atoms with Gasteiger partial charge in [-0.3, -0.25) is 9.36 Å². The van der Waals surface area contributed by atoms with Gasteiger partial charge in [-0.15, -0.1) is 0 Å².